The molecule has 0 saturated carbocycles. The van der Waals surface area contributed by atoms with Crippen molar-refractivity contribution in [3.05, 3.63) is 91.0 Å². The fourth-order valence-corrected chi connectivity index (χ4v) is 5.82. The summed E-state index contributed by atoms with van der Waals surface area (Å²) in [6.07, 6.45) is 0. The van der Waals surface area contributed by atoms with Crippen LogP contribution in [0.2, 0.25) is 0 Å². The molecule has 126 valence electrons. The zero-order valence-corrected chi connectivity index (χ0v) is 15.3. The van der Waals surface area contributed by atoms with Crippen LogP contribution in [0.1, 0.15) is 0 Å². The van der Waals surface area contributed by atoms with E-state index in [1.807, 2.05) is 91.0 Å². The van der Waals surface area contributed by atoms with Gasteiger partial charge in [-0.3, -0.25) is 0 Å². The molecule has 1 aromatic heterocycles. The summed E-state index contributed by atoms with van der Waals surface area (Å²) in [6.45, 7) is 0. The normalized spacial score (nSPS) is 11.4. The number of hydrogen-bond donors (Lipinski definition) is 0. The molecule has 26 heavy (non-hydrogen) atoms. The smallest absolute Gasteiger partial charge is 0.322 e. The third-order valence-corrected chi connectivity index (χ3v) is 7.40. The van der Waals surface area contributed by atoms with Crippen LogP contribution in [0.5, 0.6) is 5.75 Å². The molecule has 0 bridgehead atoms. The molecular weight excluding hydrogens is 340 g/mol. The van der Waals surface area contributed by atoms with Gasteiger partial charge in [0.2, 0.25) is 0 Å². The van der Waals surface area contributed by atoms with Gasteiger partial charge in [-0.15, -0.1) is 0 Å². The van der Waals surface area contributed by atoms with Crippen LogP contribution in [0.25, 0.3) is 10.9 Å². The lowest BCUT2D eigenvalue weighted by Crippen LogP contribution is -2.28. The lowest BCUT2D eigenvalue weighted by molar-refractivity contribution is 0.588. The topological polar surface area (TPSA) is 39.2 Å². The van der Waals surface area contributed by atoms with E-state index in [-0.39, 0.29) is 0 Å². The summed E-state index contributed by atoms with van der Waals surface area (Å²) in [5, 5.41) is 2.44. The van der Waals surface area contributed by atoms with Crippen molar-refractivity contribution in [2.75, 3.05) is 0 Å². The Morgan fingerprint density at radius 2 is 1.31 bits per heavy atom. The minimum Gasteiger partial charge on any atom is -0.566 e. The number of para-hydroxylation sites is 1. The van der Waals surface area contributed by atoms with Gasteiger partial charge < -0.3 is 9.22 Å². The summed E-state index contributed by atoms with van der Waals surface area (Å²) in [6, 6.07) is 28.7. The number of benzene rings is 3. The van der Waals surface area contributed by atoms with Crippen LogP contribution in [-0.2, 0) is 4.57 Å². The minimum atomic E-state index is -3.17. The molecule has 0 fully saturated rings. The van der Waals surface area contributed by atoms with Gasteiger partial charge in [0.1, 0.15) is 11.2 Å². The number of aromatic nitrogens is 1. The standard InChI is InChI=1S/C21H17BNO2P/c22-25-20-15-16-9-7-8-14-19(16)23-21(20)26(24,17-10-3-1-4-11-17)18-12-5-2-6-13-18/h1-15H,22H2. The van der Waals surface area contributed by atoms with Crippen molar-refractivity contribution < 1.29 is 9.22 Å². The average Bonchev–Trinajstić information content (AvgIpc) is 2.73. The highest BCUT2D eigenvalue weighted by atomic mass is 31.2. The molecule has 0 amide bonds. The van der Waals surface area contributed by atoms with Gasteiger partial charge in [0, 0.05) is 16.0 Å². The van der Waals surface area contributed by atoms with Gasteiger partial charge in [-0.25, -0.2) is 4.98 Å². The van der Waals surface area contributed by atoms with E-state index in [1.165, 1.54) is 0 Å². The lowest BCUT2D eigenvalue weighted by atomic mass is 10.2. The Morgan fingerprint density at radius 3 is 1.88 bits per heavy atom. The van der Waals surface area contributed by atoms with Gasteiger partial charge in [0.25, 0.3) is 0 Å². The second-order valence-electron chi connectivity index (χ2n) is 5.99. The van der Waals surface area contributed by atoms with Gasteiger partial charge in [-0.2, -0.15) is 0 Å². The fraction of sp³-hybridized carbons (Fsp3) is 0. The zero-order valence-electron chi connectivity index (χ0n) is 14.4. The van der Waals surface area contributed by atoms with Gasteiger partial charge in [0.05, 0.1) is 5.52 Å². The highest BCUT2D eigenvalue weighted by Crippen LogP contribution is 2.44. The quantitative estimate of drug-likeness (QED) is 0.417. The fourth-order valence-electron chi connectivity index (χ4n) is 3.13. The van der Waals surface area contributed by atoms with Crippen molar-refractivity contribution in [3.8, 4) is 5.75 Å². The molecule has 0 atom stereocenters. The summed E-state index contributed by atoms with van der Waals surface area (Å²) in [7, 11) is -1.58. The molecule has 0 saturated heterocycles. The molecular formula is C21H17BNO2P. The van der Waals surface area contributed by atoms with Crippen LogP contribution in [0.4, 0.5) is 0 Å². The van der Waals surface area contributed by atoms with Crippen LogP contribution in [0.3, 0.4) is 0 Å². The van der Waals surface area contributed by atoms with Gasteiger partial charge in [-0.05, 0) is 12.1 Å². The maximum absolute atomic E-state index is 14.5. The number of nitrogens with zero attached hydrogens (tertiary/aromatic N) is 1. The second kappa shape index (κ2) is 6.82. The Morgan fingerprint density at radius 1 is 0.769 bits per heavy atom. The van der Waals surface area contributed by atoms with Crippen molar-refractivity contribution in [2.45, 2.75) is 0 Å². The van der Waals surface area contributed by atoms with Crippen molar-refractivity contribution in [3.63, 3.8) is 0 Å². The van der Waals surface area contributed by atoms with Crippen molar-refractivity contribution in [1.82, 2.24) is 4.98 Å². The minimum absolute atomic E-state index is 0.483. The van der Waals surface area contributed by atoms with E-state index in [9.17, 15) is 4.57 Å². The summed E-state index contributed by atoms with van der Waals surface area (Å²) < 4.78 is 20.1. The van der Waals surface area contributed by atoms with E-state index < -0.39 is 7.14 Å². The molecule has 3 nitrogen and oxygen atoms in total. The summed E-state index contributed by atoms with van der Waals surface area (Å²) in [5.74, 6) is 0.541. The third kappa shape index (κ3) is 2.73. The maximum Gasteiger partial charge on any atom is 0.322 e. The number of pyridine rings is 1. The summed E-state index contributed by atoms with van der Waals surface area (Å²) in [5.41, 5.74) is 1.28. The summed E-state index contributed by atoms with van der Waals surface area (Å²) in [4.78, 5) is 4.78. The van der Waals surface area contributed by atoms with Crippen LogP contribution >= 0.6 is 7.14 Å². The Bertz CT molecular complexity index is 1060. The second-order valence-corrected chi connectivity index (χ2v) is 8.66. The van der Waals surface area contributed by atoms with Crippen LogP contribution in [0, 0.1) is 0 Å². The van der Waals surface area contributed by atoms with Gasteiger partial charge >= 0.3 is 8.05 Å². The largest absolute Gasteiger partial charge is 0.566 e. The molecule has 0 radical (unpaired) electrons. The van der Waals surface area contributed by atoms with Gasteiger partial charge in [0.15, 0.2) is 7.14 Å². The predicted octanol–water partition coefficient (Wildman–Crippen LogP) is 2.80. The van der Waals surface area contributed by atoms with E-state index in [0.29, 0.717) is 11.2 Å². The Kier molecular flexibility index (Phi) is 4.36. The summed E-state index contributed by atoms with van der Waals surface area (Å²) >= 11 is 0. The molecule has 5 heteroatoms. The molecule has 0 aliphatic rings. The van der Waals surface area contributed by atoms with Gasteiger partial charge in [-0.1, -0.05) is 78.9 Å². The number of fused-ring (bicyclic) bond motifs is 1. The maximum atomic E-state index is 14.5. The Labute approximate surface area is 153 Å². The molecule has 3 aromatic carbocycles. The van der Waals surface area contributed by atoms with Crippen molar-refractivity contribution in [1.29, 1.82) is 0 Å². The average molecular weight is 357 g/mol. The highest BCUT2D eigenvalue weighted by Gasteiger charge is 2.34. The molecule has 0 N–H and O–H groups in total. The SMILES string of the molecule is BOc1cc2ccccc2nc1P(=O)(c1ccccc1)c1ccccc1. The first-order chi connectivity index (χ1) is 12.7. The predicted molar refractivity (Wildman–Crippen MR) is 110 cm³/mol. The first kappa shape index (κ1) is 16.6. The lowest BCUT2D eigenvalue weighted by Gasteiger charge is -2.21. The van der Waals surface area contributed by atoms with E-state index in [1.54, 1.807) is 8.05 Å². The monoisotopic (exact) mass is 357 g/mol. The number of hydrogen-bond acceptors (Lipinski definition) is 3. The molecule has 0 spiro atoms. The van der Waals surface area contributed by atoms with Crippen LogP contribution in [0.15, 0.2) is 91.0 Å². The molecule has 0 aliphatic heterocycles. The van der Waals surface area contributed by atoms with Crippen molar-refractivity contribution in [2.24, 2.45) is 0 Å². The Balaban J connectivity index is 2.08. The first-order valence-corrected chi connectivity index (χ1v) is 10.1. The molecule has 1 heterocycles. The number of rotatable bonds is 4. The van der Waals surface area contributed by atoms with E-state index in [0.717, 1.165) is 21.5 Å². The first-order valence-electron chi connectivity index (χ1n) is 8.39. The van der Waals surface area contributed by atoms with Crippen molar-refractivity contribution >= 4 is 42.1 Å². The van der Waals surface area contributed by atoms with E-state index in [4.69, 9.17) is 9.64 Å². The zero-order chi connectivity index (χ0) is 18.0. The Hall–Kier alpha value is -2.84. The molecule has 0 unspecified atom stereocenters. The molecule has 4 rings (SSSR count). The van der Waals surface area contributed by atoms with E-state index >= 15 is 0 Å². The molecule has 4 aromatic rings. The highest BCUT2D eigenvalue weighted by molar-refractivity contribution is 7.85. The third-order valence-electron chi connectivity index (χ3n) is 4.43. The molecule has 0 aliphatic carbocycles. The van der Waals surface area contributed by atoms with E-state index in [2.05, 4.69) is 0 Å². The van der Waals surface area contributed by atoms with Crippen LogP contribution in [-0.4, -0.2) is 13.0 Å². The van der Waals surface area contributed by atoms with Crippen LogP contribution < -0.4 is 20.7 Å².